The number of ether oxygens (including phenoxy) is 1. The molecular formula is C9H8F3O2. The molecule has 0 aliphatic rings. The Kier molecular flexibility index (Phi) is 3.00. The number of hydrogen-bond acceptors (Lipinski definition) is 2. The van der Waals surface area contributed by atoms with Crippen molar-refractivity contribution in [2.45, 2.75) is 12.5 Å². The highest BCUT2D eigenvalue weighted by Crippen LogP contribution is 2.23. The standard InChI is InChI=1S/C9H8F3O2/c1-6(13)7-2-4-8(5-3-7)14-9(10,11)12/h2-6,13H,1H2. The first-order chi connectivity index (χ1) is 6.38. The third-order valence-electron chi connectivity index (χ3n) is 1.50. The van der Waals surface area contributed by atoms with Crippen LogP contribution in [0, 0.1) is 6.92 Å². The van der Waals surface area contributed by atoms with Gasteiger partial charge in [-0.05, 0) is 24.6 Å². The Morgan fingerprint density at radius 3 is 2.07 bits per heavy atom. The van der Waals surface area contributed by atoms with Crippen LogP contribution in [0.15, 0.2) is 24.3 Å². The van der Waals surface area contributed by atoms with E-state index in [0.29, 0.717) is 5.56 Å². The van der Waals surface area contributed by atoms with Crippen molar-refractivity contribution in [2.24, 2.45) is 0 Å². The van der Waals surface area contributed by atoms with Gasteiger partial charge in [-0.25, -0.2) is 0 Å². The lowest BCUT2D eigenvalue weighted by molar-refractivity contribution is -0.274. The molecule has 2 nitrogen and oxygen atoms in total. The van der Waals surface area contributed by atoms with Crippen LogP contribution in [0.5, 0.6) is 5.75 Å². The van der Waals surface area contributed by atoms with E-state index < -0.39 is 12.5 Å². The highest BCUT2D eigenvalue weighted by atomic mass is 19.4. The zero-order valence-corrected chi connectivity index (χ0v) is 7.08. The van der Waals surface area contributed by atoms with Gasteiger partial charge in [-0.3, -0.25) is 0 Å². The van der Waals surface area contributed by atoms with Crippen molar-refractivity contribution >= 4 is 0 Å². The molecule has 1 atom stereocenters. The van der Waals surface area contributed by atoms with Gasteiger partial charge in [0.2, 0.25) is 0 Å². The molecule has 0 aliphatic carbocycles. The summed E-state index contributed by atoms with van der Waals surface area (Å²) in [5.74, 6) is -0.318. The predicted molar refractivity (Wildman–Crippen MR) is 43.4 cm³/mol. The third-order valence-corrected chi connectivity index (χ3v) is 1.50. The molecule has 1 N–H and O–H groups in total. The van der Waals surface area contributed by atoms with Crippen molar-refractivity contribution in [3.63, 3.8) is 0 Å². The molecule has 1 rings (SSSR count). The largest absolute Gasteiger partial charge is 0.573 e. The molecule has 0 fully saturated rings. The number of halogens is 3. The summed E-state index contributed by atoms with van der Waals surface area (Å²) in [6.07, 6.45) is -5.64. The molecule has 0 amide bonds. The number of aliphatic hydroxyl groups is 1. The fourth-order valence-corrected chi connectivity index (χ4v) is 0.892. The van der Waals surface area contributed by atoms with Crippen molar-refractivity contribution < 1.29 is 23.0 Å². The van der Waals surface area contributed by atoms with Crippen molar-refractivity contribution in [3.8, 4) is 5.75 Å². The average molecular weight is 205 g/mol. The first kappa shape index (κ1) is 10.8. The summed E-state index contributed by atoms with van der Waals surface area (Å²) >= 11 is 0. The molecule has 1 radical (unpaired) electrons. The minimum Gasteiger partial charge on any atom is -0.406 e. The van der Waals surface area contributed by atoms with E-state index in [1.54, 1.807) is 0 Å². The maximum atomic E-state index is 11.7. The van der Waals surface area contributed by atoms with Gasteiger partial charge in [0.1, 0.15) is 5.75 Å². The SMILES string of the molecule is [CH2]C(O)c1ccc(OC(F)(F)F)cc1. The molecule has 0 bridgehead atoms. The Balaban J connectivity index is 2.74. The summed E-state index contributed by atoms with van der Waals surface area (Å²) in [7, 11) is 0. The molecular weight excluding hydrogens is 197 g/mol. The molecule has 0 aromatic heterocycles. The summed E-state index contributed by atoms with van der Waals surface area (Å²) in [5.41, 5.74) is 0.430. The minimum atomic E-state index is -4.69. The lowest BCUT2D eigenvalue weighted by Crippen LogP contribution is -2.17. The number of rotatable bonds is 2. The Morgan fingerprint density at radius 2 is 1.71 bits per heavy atom. The van der Waals surface area contributed by atoms with Gasteiger partial charge in [0, 0.05) is 0 Å². The summed E-state index contributed by atoms with van der Waals surface area (Å²) in [4.78, 5) is 0. The molecule has 1 aromatic carbocycles. The van der Waals surface area contributed by atoms with Crippen LogP contribution in [0.4, 0.5) is 13.2 Å². The van der Waals surface area contributed by atoms with Gasteiger partial charge in [0.15, 0.2) is 0 Å². The quantitative estimate of drug-likeness (QED) is 0.803. The number of benzene rings is 1. The molecule has 0 saturated heterocycles. The fraction of sp³-hybridized carbons (Fsp3) is 0.222. The first-order valence-corrected chi connectivity index (χ1v) is 3.75. The van der Waals surface area contributed by atoms with E-state index in [9.17, 15) is 13.2 Å². The van der Waals surface area contributed by atoms with Gasteiger partial charge in [-0.15, -0.1) is 13.2 Å². The molecule has 14 heavy (non-hydrogen) atoms. The van der Waals surface area contributed by atoms with Crippen LogP contribution in [0.25, 0.3) is 0 Å². The Bertz CT molecular complexity index is 290. The van der Waals surface area contributed by atoms with E-state index in [2.05, 4.69) is 11.7 Å². The summed E-state index contributed by atoms with van der Waals surface area (Å²) in [6.45, 7) is 3.31. The van der Waals surface area contributed by atoms with Crippen LogP contribution in [0.3, 0.4) is 0 Å². The minimum absolute atomic E-state index is 0.318. The van der Waals surface area contributed by atoms with Crippen LogP contribution in [0.1, 0.15) is 11.7 Å². The van der Waals surface area contributed by atoms with Crippen LogP contribution in [-0.4, -0.2) is 11.5 Å². The maximum absolute atomic E-state index is 11.7. The molecule has 0 spiro atoms. The smallest absolute Gasteiger partial charge is 0.406 e. The van der Waals surface area contributed by atoms with Crippen molar-refractivity contribution in [1.29, 1.82) is 0 Å². The van der Waals surface area contributed by atoms with E-state index in [-0.39, 0.29) is 5.75 Å². The Labute approximate surface area is 78.9 Å². The topological polar surface area (TPSA) is 29.5 Å². The highest BCUT2D eigenvalue weighted by molar-refractivity contribution is 5.28. The molecule has 5 heteroatoms. The molecule has 0 heterocycles. The third kappa shape index (κ3) is 3.26. The van der Waals surface area contributed by atoms with Gasteiger partial charge in [0.05, 0.1) is 6.10 Å². The number of aliphatic hydroxyl groups excluding tert-OH is 1. The molecule has 1 unspecified atom stereocenters. The Hall–Kier alpha value is -1.23. The Morgan fingerprint density at radius 1 is 1.21 bits per heavy atom. The van der Waals surface area contributed by atoms with Crippen molar-refractivity contribution in [1.82, 2.24) is 0 Å². The van der Waals surface area contributed by atoms with Gasteiger partial charge in [-0.1, -0.05) is 12.1 Å². The van der Waals surface area contributed by atoms with Gasteiger partial charge in [-0.2, -0.15) is 0 Å². The first-order valence-electron chi connectivity index (χ1n) is 3.75. The van der Waals surface area contributed by atoms with Crippen molar-refractivity contribution in [2.75, 3.05) is 0 Å². The number of hydrogen-bond donors (Lipinski definition) is 1. The van der Waals surface area contributed by atoms with Crippen LogP contribution in [-0.2, 0) is 0 Å². The zero-order chi connectivity index (χ0) is 10.8. The molecule has 77 valence electrons. The molecule has 0 saturated carbocycles. The van der Waals surface area contributed by atoms with Gasteiger partial charge < -0.3 is 9.84 Å². The molecule has 1 aromatic rings. The second-order valence-electron chi connectivity index (χ2n) is 2.63. The molecule has 0 aliphatic heterocycles. The second-order valence-corrected chi connectivity index (χ2v) is 2.63. The fourth-order valence-electron chi connectivity index (χ4n) is 0.892. The number of alkyl halides is 3. The van der Waals surface area contributed by atoms with Crippen LogP contribution >= 0.6 is 0 Å². The van der Waals surface area contributed by atoms with Crippen molar-refractivity contribution in [3.05, 3.63) is 36.8 Å². The summed E-state index contributed by atoms with van der Waals surface area (Å²) in [6, 6.07) is 4.88. The van der Waals surface area contributed by atoms with Gasteiger partial charge in [0.25, 0.3) is 0 Å². The van der Waals surface area contributed by atoms with Crippen LogP contribution < -0.4 is 4.74 Å². The normalized spacial score (nSPS) is 13.8. The summed E-state index contributed by atoms with van der Waals surface area (Å²) in [5, 5.41) is 8.97. The predicted octanol–water partition coefficient (Wildman–Crippen LogP) is 2.45. The highest BCUT2D eigenvalue weighted by Gasteiger charge is 2.30. The van der Waals surface area contributed by atoms with Crippen LogP contribution in [0.2, 0.25) is 0 Å². The average Bonchev–Trinajstić information content (AvgIpc) is 2.02. The van der Waals surface area contributed by atoms with E-state index in [1.807, 2.05) is 0 Å². The zero-order valence-electron chi connectivity index (χ0n) is 7.08. The second kappa shape index (κ2) is 3.88. The lowest BCUT2D eigenvalue weighted by Gasteiger charge is -2.09. The van der Waals surface area contributed by atoms with E-state index in [1.165, 1.54) is 12.1 Å². The maximum Gasteiger partial charge on any atom is 0.573 e. The van der Waals surface area contributed by atoms with E-state index in [4.69, 9.17) is 5.11 Å². The summed E-state index contributed by atoms with van der Waals surface area (Å²) < 4.78 is 38.8. The van der Waals surface area contributed by atoms with E-state index in [0.717, 1.165) is 12.1 Å². The van der Waals surface area contributed by atoms with Gasteiger partial charge >= 0.3 is 6.36 Å². The van der Waals surface area contributed by atoms with E-state index >= 15 is 0 Å². The monoisotopic (exact) mass is 205 g/mol. The lowest BCUT2D eigenvalue weighted by atomic mass is 10.1.